The summed E-state index contributed by atoms with van der Waals surface area (Å²) in [6.07, 6.45) is 0. The molecule has 7 nitrogen and oxygen atoms in total. The third-order valence-corrected chi connectivity index (χ3v) is 5.03. The van der Waals surface area contributed by atoms with Crippen LogP contribution in [0.3, 0.4) is 0 Å². The Hall–Kier alpha value is -4.28. The normalized spacial score (nSPS) is 11.5. The first-order valence-corrected chi connectivity index (χ1v) is 10.3. The Bertz CT molecular complexity index is 1340. The van der Waals surface area contributed by atoms with E-state index < -0.39 is 18.3 Å². The van der Waals surface area contributed by atoms with E-state index in [4.69, 9.17) is 21.1 Å². The first-order valence-electron chi connectivity index (χ1n) is 9.96. The van der Waals surface area contributed by atoms with Crippen LogP contribution >= 0.6 is 11.6 Å². The number of benzene rings is 3. The Morgan fingerprint density at radius 2 is 1.79 bits per heavy atom. The van der Waals surface area contributed by atoms with Crippen LogP contribution in [-0.4, -0.2) is 27.7 Å². The highest BCUT2D eigenvalue weighted by molar-refractivity contribution is 6.30. The molecule has 0 saturated heterocycles. The monoisotopic (exact) mass is 459 g/mol. The first-order chi connectivity index (χ1) is 16.0. The van der Waals surface area contributed by atoms with Gasteiger partial charge in [0.15, 0.2) is 11.6 Å². The second-order valence-electron chi connectivity index (χ2n) is 7.02. The van der Waals surface area contributed by atoms with Gasteiger partial charge in [-0.05, 0) is 42.0 Å². The zero-order valence-electron chi connectivity index (χ0n) is 17.3. The van der Waals surface area contributed by atoms with Gasteiger partial charge in [0.1, 0.15) is 36.2 Å². The fourth-order valence-electron chi connectivity index (χ4n) is 3.11. The van der Waals surface area contributed by atoms with Crippen LogP contribution in [0.4, 0.5) is 0 Å². The standard InChI is InChI=1S/C25H18ClN3O4/c26-17-11-9-16(10-12-17)14-32-23-8-4-1-5-18(23)25(31)33-15-22(30)19(13-27)24-28-20-6-2-3-7-21(20)29-24/h1-12,30H,14-15H2,(H,28,29)/b22-19+. The molecular weight excluding hydrogens is 442 g/mol. The lowest BCUT2D eigenvalue weighted by molar-refractivity contribution is 0.0497. The number of para-hydroxylation sites is 3. The highest BCUT2D eigenvalue weighted by atomic mass is 35.5. The van der Waals surface area contributed by atoms with Crippen molar-refractivity contribution < 1.29 is 19.4 Å². The Labute approximate surface area is 194 Å². The number of ether oxygens (including phenoxy) is 2. The molecule has 2 N–H and O–H groups in total. The number of imidazole rings is 1. The van der Waals surface area contributed by atoms with Gasteiger partial charge in [0, 0.05) is 5.02 Å². The molecular formula is C25H18ClN3O4. The van der Waals surface area contributed by atoms with Crippen LogP contribution in [-0.2, 0) is 11.3 Å². The summed E-state index contributed by atoms with van der Waals surface area (Å²) in [5, 5.41) is 20.5. The number of H-pyrrole nitrogens is 1. The SMILES string of the molecule is N#C/C(=C(\O)COC(=O)c1ccccc1OCc1ccc(Cl)cc1)c1nc2ccccc2[nH]1. The van der Waals surface area contributed by atoms with E-state index in [-0.39, 0.29) is 23.6 Å². The highest BCUT2D eigenvalue weighted by Gasteiger charge is 2.18. The van der Waals surface area contributed by atoms with Crippen molar-refractivity contribution in [3.8, 4) is 11.8 Å². The zero-order valence-corrected chi connectivity index (χ0v) is 18.0. The molecule has 0 amide bonds. The molecule has 0 aliphatic rings. The van der Waals surface area contributed by atoms with Crippen LogP contribution in [0.1, 0.15) is 21.7 Å². The van der Waals surface area contributed by atoms with E-state index in [1.54, 1.807) is 48.5 Å². The van der Waals surface area contributed by atoms with E-state index in [2.05, 4.69) is 9.97 Å². The van der Waals surface area contributed by atoms with Gasteiger partial charge in [-0.3, -0.25) is 0 Å². The smallest absolute Gasteiger partial charge is 0.342 e. The number of hydrogen-bond acceptors (Lipinski definition) is 6. The number of hydrogen-bond donors (Lipinski definition) is 2. The molecule has 0 unspecified atom stereocenters. The first kappa shape index (κ1) is 21.9. The number of esters is 1. The summed E-state index contributed by atoms with van der Waals surface area (Å²) in [5.41, 5.74) is 2.34. The molecule has 164 valence electrons. The fraction of sp³-hybridized carbons (Fsp3) is 0.0800. The second-order valence-corrected chi connectivity index (χ2v) is 7.46. The van der Waals surface area contributed by atoms with Gasteiger partial charge in [-0.2, -0.15) is 5.26 Å². The number of halogens is 1. The third kappa shape index (κ3) is 5.14. The number of aromatic amines is 1. The van der Waals surface area contributed by atoms with Crippen molar-refractivity contribution in [2.75, 3.05) is 6.61 Å². The van der Waals surface area contributed by atoms with Crippen molar-refractivity contribution in [2.45, 2.75) is 6.61 Å². The molecule has 0 fully saturated rings. The molecule has 1 aromatic heterocycles. The number of nitrogens with one attached hydrogen (secondary N) is 1. The minimum absolute atomic E-state index is 0.105. The summed E-state index contributed by atoms with van der Waals surface area (Å²) < 4.78 is 11.0. The van der Waals surface area contributed by atoms with Crippen LogP contribution in [0.2, 0.25) is 5.02 Å². The van der Waals surface area contributed by atoms with Gasteiger partial charge in [-0.15, -0.1) is 0 Å². The van der Waals surface area contributed by atoms with Crippen LogP contribution in [0, 0.1) is 11.3 Å². The van der Waals surface area contributed by atoms with Gasteiger partial charge in [0.05, 0.1) is 11.0 Å². The maximum Gasteiger partial charge on any atom is 0.342 e. The van der Waals surface area contributed by atoms with Crippen molar-refractivity contribution in [3.63, 3.8) is 0 Å². The predicted molar refractivity (Wildman–Crippen MR) is 124 cm³/mol. The minimum atomic E-state index is -0.699. The van der Waals surface area contributed by atoms with E-state index >= 15 is 0 Å². The van der Waals surface area contributed by atoms with E-state index in [0.29, 0.717) is 16.3 Å². The van der Waals surface area contributed by atoms with Gasteiger partial charge >= 0.3 is 5.97 Å². The number of allylic oxidation sites excluding steroid dienone is 1. The van der Waals surface area contributed by atoms with Gasteiger partial charge in [-0.25, -0.2) is 9.78 Å². The summed E-state index contributed by atoms with van der Waals surface area (Å²) >= 11 is 5.90. The number of rotatable bonds is 7. The average molecular weight is 460 g/mol. The largest absolute Gasteiger partial charge is 0.507 e. The van der Waals surface area contributed by atoms with E-state index in [1.165, 1.54) is 0 Å². The lowest BCUT2D eigenvalue weighted by atomic mass is 10.2. The number of aliphatic hydroxyl groups is 1. The molecule has 3 aromatic carbocycles. The van der Waals surface area contributed by atoms with Crippen molar-refractivity contribution in [2.24, 2.45) is 0 Å². The van der Waals surface area contributed by atoms with Gasteiger partial charge in [0.2, 0.25) is 0 Å². The molecule has 8 heteroatoms. The molecule has 0 spiro atoms. The van der Waals surface area contributed by atoms with E-state index in [0.717, 1.165) is 11.1 Å². The molecule has 4 aromatic rings. The summed E-state index contributed by atoms with van der Waals surface area (Å²) in [7, 11) is 0. The number of fused-ring (bicyclic) bond motifs is 1. The molecule has 1 heterocycles. The molecule has 0 atom stereocenters. The zero-order chi connectivity index (χ0) is 23.2. The summed E-state index contributed by atoms with van der Waals surface area (Å²) in [6, 6.07) is 22.9. The summed E-state index contributed by atoms with van der Waals surface area (Å²) in [4.78, 5) is 19.9. The van der Waals surface area contributed by atoms with Crippen LogP contribution in [0.15, 0.2) is 78.6 Å². The van der Waals surface area contributed by atoms with Gasteiger partial charge in [-0.1, -0.05) is 48.0 Å². The maximum atomic E-state index is 12.7. The van der Waals surface area contributed by atoms with Crippen LogP contribution in [0.25, 0.3) is 16.6 Å². The van der Waals surface area contributed by atoms with Crippen molar-refractivity contribution in [1.29, 1.82) is 5.26 Å². The lowest BCUT2D eigenvalue weighted by Crippen LogP contribution is -2.11. The average Bonchev–Trinajstić information content (AvgIpc) is 3.26. The number of aromatic nitrogens is 2. The van der Waals surface area contributed by atoms with Crippen molar-refractivity contribution >= 4 is 34.2 Å². The van der Waals surface area contributed by atoms with E-state index in [1.807, 2.05) is 30.3 Å². The quantitative estimate of drug-likeness (QED) is 0.216. The minimum Gasteiger partial charge on any atom is -0.507 e. The fourth-order valence-corrected chi connectivity index (χ4v) is 3.24. The topological polar surface area (TPSA) is 108 Å². The highest BCUT2D eigenvalue weighted by Crippen LogP contribution is 2.22. The number of aliphatic hydroxyl groups excluding tert-OH is 1. The number of nitrogens with zero attached hydrogens (tertiary/aromatic N) is 2. The van der Waals surface area contributed by atoms with Gasteiger partial charge < -0.3 is 19.6 Å². The number of carbonyl (C=O) groups is 1. The van der Waals surface area contributed by atoms with Crippen molar-refractivity contribution in [1.82, 2.24) is 9.97 Å². The van der Waals surface area contributed by atoms with Crippen molar-refractivity contribution in [3.05, 3.63) is 101 Å². The van der Waals surface area contributed by atoms with E-state index in [9.17, 15) is 15.2 Å². The second kappa shape index (κ2) is 9.90. The maximum absolute atomic E-state index is 12.7. The Kier molecular flexibility index (Phi) is 6.58. The Balaban J connectivity index is 1.46. The van der Waals surface area contributed by atoms with Crippen LogP contribution < -0.4 is 4.74 Å². The molecule has 0 aliphatic carbocycles. The van der Waals surface area contributed by atoms with Crippen LogP contribution in [0.5, 0.6) is 5.75 Å². The Morgan fingerprint density at radius 1 is 1.06 bits per heavy atom. The molecule has 0 aliphatic heterocycles. The third-order valence-electron chi connectivity index (χ3n) is 4.78. The Morgan fingerprint density at radius 3 is 2.55 bits per heavy atom. The number of carbonyl (C=O) groups excluding carboxylic acids is 1. The molecule has 0 bridgehead atoms. The number of nitriles is 1. The summed E-state index contributed by atoms with van der Waals surface area (Å²) in [5.74, 6) is -0.586. The molecule has 4 rings (SSSR count). The molecule has 0 radical (unpaired) electrons. The molecule has 33 heavy (non-hydrogen) atoms. The van der Waals surface area contributed by atoms with Gasteiger partial charge in [0.25, 0.3) is 0 Å². The summed E-state index contributed by atoms with van der Waals surface area (Å²) in [6.45, 7) is -0.262. The molecule has 0 saturated carbocycles. The predicted octanol–water partition coefficient (Wildman–Crippen LogP) is 5.44. The lowest BCUT2D eigenvalue weighted by Gasteiger charge is -2.11.